The van der Waals surface area contributed by atoms with Crippen molar-refractivity contribution in [1.82, 2.24) is 0 Å². The minimum atomic E-state index is -0.111. The summed E-state index contributed by atoms with van der Waals surface area (Å²) in [6.45, 7) is 3.06. The third kappa shape index (κ3) is 8.22. The van der Waals surface area contributed by atoms with Crippen LogP contribution in [-0.4, -0.2) is 5.78 Å². The van der Waals surface area contributed by atoms with Gasteiger partial charge in [-0.25, -0.2) is 0 Å². The Morgan fingerprint density at radius 3 is 1.86 bits per heavy atom. The quantitative estimate of drug-likeness (QED) is 0.319. The molecule has 0 bridgehead atoms. The van der Waals surface area contributed by atoms with Gasteiger partial charge < -0.3 is 10.2 Å². The third-order valence-electron chi connectivity index (χ3n) is 3.96. The van der Waals surface area contributed by atoms with Crippen molar-refractivity contribution in [2.75, 3.05) is 0 Å². The van der Waals surface area contributed by atoms with Crippen LogP contribution in [0.4, 0.5) is 0 Å². The number of carbonyl (C=O) groups excluding carboxylic acids is 1. The smallest absolute Gasteiger partial charge is 0.875 e. The van der Waals surface area contributed by atoms with Gasteiger partial charge in [-0.1, -0.05) is 98.0 Å². The molecule has 0 aromatic heterocycles. The van der Waals surface area contributed by atoms with Crippen LogP contribution in [0, 0.1) is 0 Å². The maximum Gasteiger partial charge on any atom is 2.00 e. The van der Waals surface area contributed by atoms with E-state index in [-0.39, 0.29) is 34.4 Å². The van der Waals surface area contributed by atoms with E-state index in [1.165, 1.54) is 13.0 Å². The van der Waals surface area contributed by atoms with Gasteiger partial charge in [0.15, 0.2) is 5.78 Å². The first-order chi connectivity index (χ1) is 13.5. The summed E-state index contributed by atoms with van der Waals surface area (Å²) in [6.07, 6.45) is 19.8. The van der Waals surface area contributed by atoms with Gasteiger partial charge in [-0.05, 0) is 29.7 Å². The average Bonchev–Trinajstić information content (AvgIpc) is 3.39. The number of hydrogen-bond acceptors (Lipinski definition) is 3. The summed E-state index contributed by atoms with van der Waals surface area (Å²) in [7, 11) is 0. The molecule has 2 aliphatic rings. The number of ketones is 1. The molecule has 0 N–H and O–H groups in total. The van der Waals surface area contributed by atoms with Crippen LogP contribution in [-0.2, 0) is 21.9 Å². The van der Waals surface area contributed by atoms with E-state index in [2.05, 4.69) is 0 Å². The summed E-state index contributed by atoms with van der Waals surface area (Å²) in [5.41, 5.74) is 2.87. The van der Waals surface area contributed by atoms with Gasteiger partial charge in [0.05, 0.1) is 0 Å². The standard InChI is InChI=1S/C18H16O2.C7H8O.Fe/c1-14(19)17(13-15-7-5-6-8-15)11-12-18(20)16-9-3-2-4-10-16;1-6(8)7-4-2-3-5-7;/h2-13,20H,1H3;2-5,8H,1H3;/q;;+2/p-2. The Morgan fingerprint density at radius 2 is 1.38 bits per heavy atom. The number of carbonyl (C=O) groups is 1. The van der Waals surface area contributed by atoms with Crippen LogP contribution in [0.5, 0.6) is 0 Å². The Balaban J connectivity index is 0.000000394. The molecule has 2 aliphatic carbocycles. The van der Waals surface area contributed by atoms with Crippen molar-refractivity contribution < 1.29 is 32.1 Å². The largest absolute Gasteiger partial charge is 2.00 e. The summed E-state index contributed by atoms with van der Waals surface area (Å²) < 4.78 is 0. The Hall–Kier alpha value is -3.07. The molecule has 3 rings (SSSR count). The van der Waals surface area contributed by atoms with E-state index in [0.717, 1.165) is 11.1 Å². The van der Waals surface area contributed by atoms with E-state index < -0.39 is 0 Å². The molecule has 29 heavy (non-hydrogen) atoms. The zero-order valence-corrected chi connectivity index (χ0v) is 17.4. The van der Waals surface area contributed by atoms with Gasteiger partial charge in [-0.3, -0.25) is 4.79 Å². The topological polar surface area (TPSA) is 63.2 Å². The van der Waals surface area contributed by atoms with Crippen molar-refractivity contribution in [3.8, 4) is 0 Å². The molecule has 1 aromatic carbocycles. The molecule has 0 aliphatic heterocycles. The van der Waals surface area contributed by atoms with Crippen LogP contribution < -0.4 is 10.2 Å². The van der Waals surface area contributed by atoms with Crippen molar-refractivity contribution in [2.45, 2.75) is 13.8 Å². The first-order valence-corrected chi connectivity index (χ1v) is 8.92. The van der Waals surface area contributed by atoms with E-state index >= 15 is 0 Å². The second-order valence-corrected chi connectivity index (χ2v) is 6.17. The third-order valence-corrected chi connectivity index (χ3v) is 3.96. The van der Waals surface area contributed by atoms with Crippen molar-refractivity contribution in [3.63, 3.8) is 0 Å². The summed E-state index contributed by atoms with van der Waals surface area (Å²) in [5.74, 6) is -0.0430. The zero-order chi connectivity index (χ0) is 20.4. The Labute approximate surface area is 182 Å². The van der Waals surface area contributed by atoms with Crippen LogP contribution in [0.15, 0.2) is 120 Å². The van der Waals surface area contributed by atoms with Gasteiger partial charge in [0.1, 0.15) is 0 Å². The van der Waals surface area contributed by atoms with Gasteiger partial charge in [0.2, 0.25) is 0 Å². The average molecular weight is 426 g/mol. The SMILES string of the molecule is CC(=O)C(C=C1C=CC=C1)=CC=C([O-])c1ccccc1.CC([O-])=C1C=CC=C1.[Fe+2]. The van der Waals surface area contributed by atoms with Crippen molar-refractivity contribution >= 4 is 11.5 Å². The van der Waals surface area contributed by atoms with E-state index in [0.29, 0.717) is 11.1 Å². The van der Waals surface area contributed by atoms with E-state index in [4.69, 9.17) is 0 Å². The molecule has 0 heterocycles. The molecular weight excluding hydrogens is 404 g/mol. The van der Waals surface area contributed by atoms with Gasteiger partial charge in [0, 0.05) is 5.57 Å². The second-order valence-electron chi connectivity index (χ2n) is 6.17. The van der Waals surface area contributed by atoms with Crippen LogP contribution in [0.3, 0.4) is 0 Å². The van der Waals surface area contributed by atoms with E-state index in [1.54, 1.807) is 31.2 Å². The predicted octanol–water partition coefficient (Wildman–Crippen LogP) is 3.70. The van der Waals surface area contributed by atoms with Crippen molar-refractivity contribution in [1.29, 1.82) is 0 Å². The molecule has 0 fully saturated rings. The molecule has 0 atom stereocenters. The maximum atomic E-state index is 11.9. The van der Waals surface area contributed by atoms with E-state index in [1.807, 2.05) is 66.8 Å². The molecule has 0 spiro atoms. The fraction of sp³-hybridized carbons (Fsp3) is 0.0800. The summed E-state index contributed by atoms with van der Waals surface area (Å²) in [5, 5.41) is 22.5. The van der Waals surface area contributed by atoms with Gasteiger partial charge in [-0.15, -0.1) is 11.5 Å². The molecular formula is C25H22FeO3. The van der Waals surface area contributed by atoms with Crippen molar-refractivity contribution in [3.05, 3.63) is 125 Å². The van der Waals surface area contributed by atoms with Gasteiger partial charge in [-0.2, -0.15) is 0 Å². The number of allylic oxidation sites excluding steroid dienone is 15. The first-order valence-electron chi connectivity index (χ1n) is 8.92. The van der Waals surface area contributed by atoms with Crippen LogP contribution in [0.2, 0.25) is 0 Å². The molecule has 0 saturated heterocycles. The van der Waals surface area contributed by atoms with Crippen molar-refractivity contribution in [2.24, 2.45) is 0 Å². The second kappa shape index (κ2) is 12.4. The normalized spacial score (nSPS) is 14.4. The monoisotopic (exact) mass is 426 g/mol. The van der Waals surface area contributed by atoms with Crippen LogP contribution in [0.1, 0.15) is 19.4 Å². The molecule has 0 unspecified atom stereocenters. The molecule has 4 heteroatoms. The van der Waals surface area contributed by atoms with Gasteiger partial charge in [0.25, 0.3) is 0 Å². The number of hydrogen-bond donors (Lipinski definition) is 0. The summed E-state index contributed by atoms with van der Waals surface area (Å²) in [6, 6.07) is 8.98. The molecule has 148 valence electrons. The first kappa shape index (κ1) is 24.0. The number of benzene rings is 1. The maximum absolute atomic E-state index is 11.9. The molecule has 0 saturated carbocycles. The fourth-order valence-corrected chi connectivity index (χ4v) is 2.40. The number of rotatable bonds is 4. The molecule has 0 amide bonds. The van der Waals surface area contributed by atoms with Crippen LogP contribution >= 0.6 is 0 Å². The zero-order valence-electron chi connectivity index (χ0n) is 16.3. The Morgan fingerprint density at radius 1 is 0.828 bits per heavy atom. The Kier molecular flexibility index (Phi) is 10.2. The van der Waals surface area contributed by atoms with Gasteiger partial charge >= 0.3 is 17.1 Å². The summed E-state index contributed by atoms with van der Waals surface area (Å²) in [4.78, 5) is 11.6. The summed E-state index contributed by atoms with van der Waals surface area (Å²) >= 11 is 0. The number of Topliss-reactive ketones (excluding diaryl/α,β-unsaturated/α-hetero) is 1. The Bertz CT molecular complexity index is 921. The fourth-order valence-electron chi connectivity index (χ4n) is 2.40. The molecule has 0 radical (unpaired) electrons. The molecule has 3 nitrogen and oxygen atoms in total. The predicted molar refractivity (Wildman–Crippen MR) is 111 cm³/mol. The minimum Gasteiger partial charge on any atom is -0.875 e. The molecule has 1 aromatic rings. The van der Waals surface area contributed by atoms with E-state index in [9.17, 15) is 15.0 Å². The van der Waals surface area contributed by atoms with Crippen LogP contribution in [0.25, 0.3) is 5.76 Å². The minimum absolute atomic E-state index is 0.